The van der Waals surface area contributed by atoms with E-state index in [9.17, 15) is 14.4 Å². The number of rotatable bonds is 5. The fourth-order valence-electron chi connectivity index (χ4n) is 2.57. The van der Waals surface area contributed by atoms with E-state index in [1.54, 1.807) is 24.3 Å². The maximum atomic E-state index is 12.6. The third-order valence-corrected chi connectivity index (χ3v) is 4.06. The highest BCUT2D eigenvalue weighted by atomic mass is 35.5. The van der Waals surface area contributed by atoms with Gasteiger partial charge in [-0.15, -0.1) is 0 Å². The number of hydrogen-bond donors (Lipinski definition) is 2. The van der Waals surface area contributed by atoms with Crippen LogP contribution in [0.1, 0.15) is 16.2 Å². The Morgan fingerprint density at radius 3 is 2.63 bits per heavy atom. The second-order valence-electron chi connectivity index (χ2n) is 5.71. The molecule has 0 unspecified atom stereocenters. The van der Waals surface area contributed by atoms with Gasteiger partial charge in [-0.05, 0) is 30.3 Å². The van der Waals surface area contributed by atoms with Gasteiger partial charge < -0.3 is 16.2 Å². The predicted octanol–water partition coefficient (Wildman–Crippen LogP) is 1.47. The minimum absolute atomic E-state index is 0.0957. The summed E-state index contributed by atoms with van der Waals surface area (Å²) in [5, 5.41) is 0.714. The first-order valence-electron chi connectivity index (χ1n) is 7.85. The van der Waals surface area contributed by atoms with E-state index < -0.39 is 17.4 Å². The van der Waals surface area contributed by atoms with Crippen LogP contribution in [0.25, 0.3) is 10.9 Å². The molecule has 1 aromatic heterocycles. The maximum Gasteiger partial charge on any atom is 0.340 e. The molecule has 2 aromatic carbocycles. The van der Waals surface area contributed by atoms with Crippen LogP contribution < -0.4 is 17.0 Å². The molecule has 0 atom stereocenters. The Morgan fingerprint density at radius 2 is 1.93 bits per heavy atom. The highest BCUT2D eigenvalue weighted by molar-refractivity contribution is 6.31. The smallest absolute Gasteiger partial charge is 0.340 e. The molecule has 0 saturated carbocycles. The van der Waals surface area contributed by atoms with Crippen LogP contribution >= 0.6 is 11.6 Å². The summed E-state index contributed by atoms with van der Waals surface area (Å²) in [6.45, 7) is -0.721. The Bertz CT molecular complexity index is 1110. The average molecular weight is 387 g/mol. The summed E-state index contributed by atoms with van der Waals surface area (Å²) in [6.07, 6.45) is 0. The van der Waals surface area contributed by atoms with Crippen molar-refractivity contribution in [1.82, 2.24) is 9.55 Å². The fraction of sp³-hybridized carbons (Fsp3) is 0.111. The van der Waals surface area contributed by atoms with Crippen LogP contribution in [0.4, 0.5) is 5.69 Å². The molecule has 0 bridgehead atoms. The first-order chi connectivity index (χ1) is 12.9. The van der Waals surface area contributed by atoms with Gasteiger partial charge in [0.1, 0.15) is 13.2 Å². The first-order valence-corrected chi connectivity index (χ1v) is 8.23. The van der Waals surface area contributed by atoms with Gasteiger partial charge in [-0.3, -0.25) is 14.2 Å². The van der Waals surface area contributed by atoms with Crippen molar-refractivity contribution in [2.24, 2.45) is 5.73 Å². The van der Waals surface area contributed by atoms with E-state index in [4.69, 9.17) is 27.8 Å². The summed E-state index contributed by atoms with van der Waals surface area (Å²) in [6, 6.07) is 11.0. The molecule has 0 aliphatic heterocycles. The Hall–Kier alpha value is -3.39. The monoisotopic (exact) mass is 386 g/mol. The van der Waals surface area contributed by atoms with Crippen molar-refractivity contribution >= 4 is 40.1 Å². The molecular weight excluding hydrogens is 372 g/mol. The standard InChI is InChI=1S/C18H15ClN4O4/c19-10-5-6-11(13(20)7-10)18(26)27-9-16-22-14-4-2-1-3-12(14)17(25)23(16)8-15(21)24/h1-7H,8-9,20H2,(H2,21,24). The van der Waals surface area contributed by atoms with Crippen molar-refractivity contribution in [2.45, 2.75) is 13.2 Å². The molecule has 3 rings (SSSR count). The summed E-state index contributed by atoms with van der Waals surface area (Å²) in [5.74, 6) is -1.33. The van der Waals surface area contributed by atoms with Crippen molar-refractivity contribution in [3.05, 3.63) is 69.2 Å². The molecule has 8 nitrogen and oxygen atoms in total. The van der Waals surface area contributed by atoms with Crippen molar-refractivity contribution in [1.29, 1.82) is 0 Å². The van der Waals surface area contributed by atoms with Gasteiger partial charge in [0, 0.05) is 10.7 Å². The van der Waals surface area contributed by atoms with Crippen LogP contribution in [0.5, 0.6) is 0 Å². The molecule has 0 saturated heterocycles. The number of nitrogens with two attached hydrogens (primary N) is 2. The lowest BCUT2D eigenvalue weighted by atomic mass is 10.2. The number of carbonyl (C=O) groups is 2. The minimum atomic E-state index is -0.719. The topological polar surface area (TPSA) is 130 Å². The van der Waals surface area contributed by atoms with Gasteiger partial charge in [0.05, 0.1) is 16.5 Å². The Balaban J connectivity index is 1.94. The molecular formula is C18H15ClN4O4. The number of hydrogen-bond acceptors (Lipinski definition) is 6. The zero-order valence-corrected chi connectivity index (χ0v) is 14.8. The van der Waals surface area contributed by atoms with Gasteiger partial charge in [-0.1, -0.05) is 23.7 Å². The number of carbonyl (C=O) groups excluding carboxylic acids is 2. The third kappa shape index (κ3) is 3.90. The second kappa shape index (κ2) is 7.46. The lowest BCUT2D eigenvalue weighted by molar-refractivity contribution is -0.118. The zero-order chi connectivity index (χ0) is 19.6. The van der Waals surface area contributed by atoms with Gasteiger partial charge in [0.25, 0.3) is 5.56 Å². The highest BCUT2D eigenvalue weighted by Gasteiger charge is 2.16. The summed E-state index contributed by atoms with van der Waals surface area (Å²) in [5.41, 5.74) is 11.3. The number of nitrogens with zero attached hydrogens (tertiary/aromatic N) is 2. The van der Waals surface area contributed by atoms with Gasteiger partial charge in [0.2, 0.25) is 5.91 Å². The third-order valence-electron chi connectivity index (χ3n) is 3.82. The number of aromatic nitrogens is 2. The number of fused-ring (bicyclic) bond motifs is 1. The van der Waals surface area contributed by atoms with E-state index in [1.807, 2.05) is 0 Å². The van der Waals surface area contributed by atoms with Gasteiger partial charge in [0.15, 0.2) is 5.82 Å². The fourth-order valence-corrected chi connectivity index (χ4v) is 2.75. The van der Waals surface area contributed by atoms with Crippen LogP contribution in [0.2, 0.25) is 5.02 Å². The summed E-state index contributed by atoms with van der Waals surface area (Å²) in [7, 11) is 0. The van der Waals surface area contributed by atoms with E-state index >= 15 is 0 Å². The van der Waals surface area contributed by atoms with Crippen LogP contribution in [0.3, 0.4) is 0 Å². The molecule has 4 N–H and O–H groups in total. The van der Waals surface area contributed by atoms with Crippen molar-refractivity contribution in [3.63, 3.8) is 0 Å². The number of primary amides is 1. The zero-order valence-electron chi connectivity index (χ0n) is 14.0. The van der Waals surface area contributed by atoms with E-state index in [0.29, 0.717) is 15.9 Å². The van der Waals surface area contributed by atoms with Crippen LogP contribution in [0.15, 0.2) is 47.3 Å². The molecule has 0 aliphatic rings. The molecule has 3 aromatic rings. The normalized spacial score (nSPS) is 10.7. The molecule has 0 spiro atoms. The largest absolute Gasteiger partial charge is 0.454 e. The molecule has 0 aliphatic carbocycles. The molecule has 0 fully saturated rings. The first kappa shape index (κ1) is 18.4. The van der Waals surface area contributed by atoms with E-state index in [-0.39, 0.29) is 30.2 Å². The second-order valence-corrected chi connectivity index (χ2v) is 6.15. The number of anilines is 1. The molecule has 27 heavy (non-hydrogen) atoms. The Labute approximate surface area is 158 Å². The van der Waals surface area contributed by atoms with Gasteiger partial charge >= 0.3 is 5.97 Å². The van der Waals surface area contributed by atoms with E-state index in [1.165, 1.54) is 18.2 Å². The van der Waals surface area contributed by atoms with Gasteiger partial charge in [-0.2, -0.15) is 0 Å². The Morgan fingerprint density at radius 1 is 1.19 bits per heavy atom. The maximum absolute atomic E-state index is 12.6. The number of nitrogen functional groups attached to an aromatic ring is 1. The molecule has 138 valence electrons. The number of para-hydroxylation sites is 1. The molecule has 1 heterocycles. The molecule has 1 amide bonds. The summed E-state index contributed by atoms with van der Waals surface area (Å²) >= 11 is 5.81. The average Bonchev–Trinajstić information content (AvgIpc) is 2.62. The Kier molecular flexibility index (Phi) is 5.09. The highest BCUT2D eigenvalue weighted by Crippen LogP contribution is 2.19. The van der Waals surface area contributed by atoms with E-state index in [0.717, 1.165) is 4.57 Å². The van der Waals surface area contributed by atoms with Gasteiger partial charge in [-0.25, -0.2) is 9.78 Å². The number of amides is 1. The molecule has 0 radical (unpaired) electrons. The van der Waals surface area contributed by atoms with Crippen molar-refractivity contribution in [2.75, 3.05) is 5.73 Å². The summed E-state index contributed by atoms with van der Waals surface area (Å²) in [4.78, 5) is 40.6. The van der Waals surface area contributed by atoms with Crippen LogP contribution in [0, 0.1) is 0 Å². The van der Waals surface area contributed by atoms with E-state index in [2.05, 4.69) is 4.98 Å². The predicted molar refractivity (Wildman–Crippen MR) is 100 cm³/mol. The lowest BCUT2D eigenvalue weighted by Gasteiger charge is -2.13. The minimum Gasteiger partial charge on any atom is -0.454 e. The number of ether oxygens (including phenoxy) is 1. The molecule has 9 heteroatoms. The quantitative estimate of drug-likeness (QED) is 0.504. The number of benzene rings is 2. The van der Waals surface area contributed by atoms with Crippen molar-refractivity contribution in [3.8, 4) is 0 Å². The lowest BCUT2D eigenvalue weighted by Crippen LogP contribution is -2.32. The number of halogens is 1. The van der Waals surface area contributed by atoms with Crippen molar-refractivity contribution < 1.29 is 14.3 Å². The van der Waals surface area contributed by atoms with Crippen LogP contribution in [-0.2, 0) is 22.7 Å². The summed E-state index contributed by atoms with van der Waals surface area (Å²) < 4.78 is 6.31. The van der Waals surface area contributed by atoms with Crippen LogP contribution in [-0.4, -0.2) is 21.4 Å². The SMILES string of the molecule is NC(=O)Cn1c(COC(=O)c2ccc(Cl)cc2N)nc2ccccc2c1=O. The number of esters is 1.